The van der Waals surface area contributed by atoms with Crippen molar-refractivity contribution >= 4 is 11.8 Å². The van der Waals surface area contributed by atoms with Gasteiger partial charge in [-0.1, -0.05) is 43.2 Å². The smallest absolute Gasteiger partial charge is 0.290 e. The summed E-state index contributed by atoms with van der Waals surface area (Å²) >= 11 is 0. The van der Waals surface area contributed by atoms with Gasteiger partial charge in [-0.3, -0.25) is 9.59 Å². The Labute approximate surface area is 210 Å². The summed E-state index contributed by atoms with van der Waals surface area (Å²) < 4.78 is 16.9. The van der Waals surface area contributed by atoms with Crippen LogP contribution in [0.25, 0.3) is 0 Å². The zero-order chi connectivity index (χ0) is 24.5. The van der Waals surface area contributed by atoms with E-state index in [1.54, 1.807) is 17.0 Å². The van der Waals surface area contributed by atoms with Gasteiger partial charge in [-0.15, -0.1) is 0 Å². The van der Waals surface area contributed by atoms with Crippen molar-refractivity contribution in [1.82, 2.24) is 10.2 Å². The molecule has 186 valence electrons. The van der Waals surface area contributed by atoms with E-state index in [0.717, 1.165) is 48.3 Å². The monoisotopic (exact) mass is 486 g/mol. The van der Waals surface area contributed by atoms with Crippen molar-refractivity contribution in [3.8, 4) is 11.5 Å². The number of hydrogen-bond donors (Lipinski definition) is 1. The van der Waals surface area contributed by atoms with Crippen LogP contribution in [0.3, 0.4) is 0 Å². The largest absolute Gasteiger partial charge is 0.486 e. The number of carbonyl (C=O) groups excluding carboxylic acids is 2. The number of nitrogens with one attached hydrogen (secondary N) is 1. The lowest BCUT2D eigenvalue weighted by atomic mass is 9.78. The van der Waals surface area contributed by atoms with Gasteiger partial charge in [-0.2, -0.15) is 0 Å². The first kappa shape index (κ1) is 22.7. The van der Waals surface area contributed by atoms with E-state index in [0.29, 0.717) is 32.7 Å². The van der Waals surface area contributed by atoms with E-state index >= 15 is 0 Å². The molecule has 1 fully saturated rings. The molecule has 3 aliphatic rings. The average Bonchev–Trinajstić information content (AvgIpc) is 3.64. The van der Waals surface area contributed by atoms with E-state index in [4.69, 9.17) is 13.9 Å². The molecule has 0 radical (unpaired) electrons. The summed E-state index contributed by atoms with van der Waals surface area (Å²) in [5, 5.41) is 3.24. The van der Waals surface area contributed by atoms with E-state index in [-0.39, 0.29) is 23.0 Å². The van der Waals surface area contributed by atoms with Crippen LogP contribution < -0.4 is 14.8 Å². The van der Waals surface area contributed by atoms with Crippen LogP contribution in [0.2, 0.25) is 0 Å². The molecular weight excluding hydrogens is 456 g/mol. The Balaban J connectivity index is 1.24. The lowest BCUT2D eigenvalue weighted by Crippen LogP contribution is -2.54. The molecular formula is C29H30N2O5. The highest BCUT2D eigenvalue weighted by Gasteiger charge is 2.40. The first-order valence-electron chi connectivity index (χ1n) is 12.7. The average molecular weight is 487 g/mol. The molecule has 3 heterocycles. The van der Waals surface area contributed by atoms with Crippen molar-refractivity contribution in [3.05, 3.63) is 83.3 Å². The Morgan fingerprint density at radius 3 is 2.50 bits per heavy atom. The molecule has 2 aromatic carbocycles. The first-order valence-corrected chi connectivity index (χ1v) is 12.7. The minimum absolute atomic E-state index is 0.131. The molecule has 3 aromatic rings. The highest BCUT2D eigenvalue weighted by Crippen LogP contribution is 2.44. The minimum atomic E-state index is -0.601. The number of carbonyl (C=O) groups is 2. The highest BCUT2D eigenvalue weighted by atomic mass is 16.6. The normalized spacial score (nSPS) is 20.0. The number of ether oxygens (including phenoxy) is 2. The summed E-state index contributed by atoms with van der Waals surface area (Å²) in [6, 6.07) is 16.9. The van der Waals surface area contributed by atoms with Gasteiger partial charge in [0.2, 0.25) is 5.91 Å². The van der Waals surface area contributed by atoms with Gasteiger partial charge in [0, 0.05) is 24.9 Å². The van der Waals surface area contributed by atoms with E-state index < -0.39 is 6.04 Å². The molecule has 36 heavy (non-hydrogen) atoms. The van der Waals surface area contributed by atoms with Crippen LogP contribution >= 0.6 is 0 Å². The lowest BCUT2D eigenvalue weighted by Gasteiger charge is -2.37. The molecule has 1 unspecified atom stereocenters. The Morgan fingerprint density at radius 1 is 0.944 bits per heavy atom. The lowest BCUT2D eigenvalue weighted by molar-refractivity contribution is -0.126. The third-order valence-corrected chi connectivity index (χ3v) is 7.86. The number of benzene rings is 2. The third kappa shape index (κ3) is 4.12. The van der Waals surface area contributed by atoms with Crippen LogP contribution in [-0.2, 0) is 23.2 Å². The van der Waals surface area contributed by atoms with Crippen LogP contribution in [-0.4, -0.2) is 42.5 Å². The molecule has 0 saturated heterocycles. The third-order valence-electron chi connectivity index (χ3n) is 7.86. The van der Waals surface area contributed by atoms with Crippen LogP contribution in [0.1, 0.15) is 52.9 Å². The van der Waals surface area contributed by atoms with E-state index in [9.17, 15) is 9.59 Å². The van der Waals surface area contributed by atoms with E-state index in [2.05, 4.69) is 17.4 Å². The van der Waals surface area contributed by atoms with Crippen LogP contribution in [0.15, 0.2) is 65.3 Å². The SMILES string of the molecule is O=C(NCC1(c2ccc3c(c2)OCCO3)CCCC1)C1Cc2ccccc2CN1C(=O)c1ccco1. The Bertz CT molecular complexity index is 1260. The maximum atomic E-state index is 13.7. The van der Waals surface area contributed by atoms with Crippen molar-refractivity contribution in [2.45, 2.75) is 50.1 Å². The number of nitrogens with zero attached hydrogens (tertiary/aromatic N) is 1. The molecule has 1 aromatic heterocycles. The number of amides is 2. The maximum absolute atomic E-state index is 13.7. The molecule has 7 nitrogen and oxygen atoms in total. The minimum Gasteiger partial charge on any atom is -0.486 e. The van der Waals surface area contributed by atoms with Gasteiger partial charge in [0.05, 0.1) is 6.26 Å². The number of furan rings is 1. The standard InChI is InChI=1S/C29H30N2O5/c32-27(23-16-20-6-1-2-7-21(20)18-31(23)28(33)25-8-5-13-34-25)30-19-29(11-3-4-12-29)22-9-10-24-26(17-22)36-15-14-35-24/h1-2,5-10,13,17,23H,3-4,11-12,14-16,18-19H2,(H,30,32). The maximum Gasteiger partial charge on any atom is 0.290 e. The van der Waals surface area contributed by atoms with Crippen molar-refractivity contribution in [2.24, 2.45) is 0 Å². The van der Waals surface area contributed by atoms with Crippen LogP contribution in [0.4, 0.5) is 0 Å². The van der Waals surface area contributed by atoms with Gasteiger partial charge in [0.1, 0.15) is 19.3 Å². The molecule has 0 spiro atoms. The zero-order valence-corrected chi connectivity index (χ0v) is 20.2. The van der Waals surface area contributed by atoms with Crippen LogP contribution in [0.5, 0.6) is 11.5 Å². The zero-order valence-electron chi connectivity index (χ0n) is 20.2. The fourth-order valence-electron chi connectivity index (χ4n) is 5.88. The summed E-state index contributed by atoms with van der Waals surface area (Å²) in [6.07, 6.45) is 6.18. The fraction of sp³-hybridized carbons (Fsp3) is 0.379. The van der Waals surface area contributed by atoms with Crippen LogP contribution in [0, 0.1) is 0 Å². The Hall–Kier alpha value is -3.74. The fourth-order valence-corrected chi connectivity index (χ4v) is 5.88. The van der Waals surface area contributed by atoms with Crippen molar-refractivity contribution in [3.63, 3.8) is 0 Å². The topological polar surface area (TPSA) is 81.0 Å². The van der Waals surface area contributed by atoms with Gasteiger partial charge in [0.25, 0.3) is 5.91 Å². The molecule has 1 saturated carbocycles. The number of hydrogen-bond acceptors (Lipinski definition) is 5. The van der Waals surface area contributed by atoms with Gasteiger partial charge in [-0.05, 0) is 53.8 Å². The van der Waals surface area contributed by atoms with E-state index in [1.807, 2.05) is 30.3 Å². The van der Waals surface area contributed by atoms with Crippen molar-refractivity contribution < 1.29 is 23.5 Å². The summed E-state index contributed by atoms with van der Waals surface area (Å²) in [6.45, 7) is 2.00. The quantitative estimate of drug-likeness (QED) is 0.583. The van der Waals surface area contributed by atoms with Gasteiger partial charge in [0.15, 0.2) is 17.3 Å². The van der Waals surface area contributed by atoms with Crippen molar-refractivity contribution in [2.75, 3.05) is 19.8 Å². The van der Waals surface area contributed by atoms with E-state index in [1.165, 1.54) is 11.8 Å². The van der Waals surface area contributed by atoms with Gasteiger partial charge in [-0.25, -0.2) is 0 Å². The second kappa shape index (κ2) is 9.37. The summed E-state index contributed by atoms with van der Waals surface area (Å²) in [7, 11) is 0. The van der Waals surface area contributed by atoms with Gasteiger partial charge < -0.3 is 24.1 Å². The molecule has 2 amide bonds. The summed E-state index contributed by atoms with van der Waals surface area (Å²) in [5.74, 6) is 1.40. The molecule has 6 rings (SSSR count). The van der Waals surface area contributed by atoms with Gasteiger partial charge >= 0.3 is 0 Å². The molecule has 1 N–H and O–H groups in total. The Morgan fingerprint density at radius 2 is 1.72 bits per heavy atom. The first-order chi connectivity index (χ1) is 17.6. The molecule has 2 aliphatic heterocycles. The number of fused-ring (bicyclic) bond motifs is 2. The second-order valence-electron chi connectivity index (χ2n) is 9.96. The summed E-state index contributed by atoms with van der Waals surface area (Å²) in [4.78, 5) is 28.6. The molecule has 0 bridgehead atoms. The highest BCUT2D eigenvalue weighted by molar-refractivity contribution is 5.96. The summed E-state index contributed by atoms with van der Waals surface area (Å²) in [5.41, 5.74) is 3.17. The predicted molar refractivity (Wildman–Crippen MR) is 133 cm³/mol. The predicted octanol–water partition coefficient (Wildman–Crippen LogP) is 4.25. The molecule has 7 heteroatoms. The molecule has 1 aliphatic carbocycles. The van der Waals surface area contributed by atoms with Crippen molar-refractivity contribution in [1.29, 1.82) is 0 Å². The number of rotatable bonds is 5. The second-order valence-corrected chi connectivity index (χ2v) is 9.96. The molecule has 1 atom stereocenters. The Kier molecular flexibility index (Phi) is 5.91.